The van der Waals surface area contributed by atoms with E-state index in [0.29, 0.717) is 18.6 Å². The number of ether oxygens (including phenoxy) is 1. The van der Waals surface area contributed by atoms with Gasteiger partial charge in [-0.15, -0.1) is 0 Å². The highest BCUT2D eigenvalue weighted by Crippen LogP contribution is 2.19. The summed E-state index contributed by atoms with van der Waals surface area (Å²) in [4.78, 5) is 0. The Hall–Kier alpha value is -0.490. The van der Waals surface area contributed by atoms with Gasteiger partial charge >= 0.3 is 0 Å². The highest BCUT2D eigenvalue weighted by atomic mass is 79.9. The van der Waals surface area contributed by atoms with Gasteiger partial charge in [0.25, 0.3) is 0 Å². The maximum Gasteiger partial charge on any atom is 0.126 e. The Bertz CT molecular complexity index is 376. The van der Waals surface area contributed by atoms with Gasteiger partial charge in [-0.2, -0.15) is 0 Å². The predicted octanol–water partition coefficient (Wildman–Crippen LogP) is 2.78. The SMILES string of the molecule is CCOC(CC)C(Cc1cc(Br)ccc1F)NN. The minimum atomic E-state index is -0.218. The molecule has 2 atom stereocenters. The van der Waals surface area contributed by atoms with Crippen molar-refractivity contribution in [2.24, 2.45) is 5.84 Å². The lowest BCUT2D eigenvalue weighted by atomic mass is 10.00. The molecule has 102 valence electrons. The number of nitrogens with two attached hydrogens (primary N) is 1. The molecule has 0 amide bonds. The largest absolute Gasteiger partial charge is 0.377 e. The lowest BCUT2D eigenvalue weighted by Gasteiger charge is -2.25. The molecule has 5 heteroatoms. The molecule has 0 aromatic heterocycles. The van der Waals surface area contributed by atoms with Crippen LogP contribution in [0.3, 0.4) is 0 Å². The monoisotopic (exact) mass is 318 g/mol. The summed E-state index contributed by atoms with van der Waals surface area (Å²) < 4.78 is 20.2. The Morgan fingerprint density at radius 3 is 2.72 bits per heavy atom. The molecule has 0 heterocycles. The topological polar surface area (TPSA) is 47.3 Å². The van der Waals surface area contributed by atoms with Crippen LogP contribution in [0.25, 0.3) is 0 Å². The van der Waals surface area contributed by atoms with Crippen LogP contribution in [-0.2, 0) is 11.2 Å². The fourth-order valence-corrected chi connectivity index (χ4v) is 2.38. The highest BCUT2D eigenvalue weighted by Gasteiger charge is 2.20. The smallest absolute Gasteiger partial charge is 0.126 e. The minimum absolute atomic E-state index is 0.0154. The zero-order valence-corrected chi connectivity index (χ0v) is 12.3. The van der Waals surface area contributed by atoms with Crippen LogP contribution in [0.1, 0.15) is 25.8 Å². The van der Waals surface area contributed by atoms with Crippen LogP contribution in [0.5, 0.6) is 0 Å². The van der Waals surface area contributed by atoms with Gasteiger partial charge < -0.3 is 4.74 Å². The number of nitrogens with one attached hydrogen (secondary N) is 1. The summed E-state index contributed by atoms with van der Waals surface area (Å²) in [7, 11) is 0. The molecule has 1 aromatic carbocycles. The zero-order valence-electron chi connectivity index (χ0n) is 10.7. The van der Waals surface area contributed by atoms with Gasteiger partial charge in [0.1, 0.15) is 5.82 Å². The predicted molar refractivity (Wildman–Crippen MR) is 74.6 cm³/mol. The number of hydrogen-bond donors (Lipinski definition) is 2. The van der Waals surface area contributed by atoms with Crippen molar-refractivity contribution in [1.29, 1.82) is 0 Å². The number of rotatable bonds is 7. The van der Waals surface area contributed by atoms with Gasteiger partial charge in [0.2, 0.25) is 0 Å². The van der Waals surface area contributed by atoms with Crippen molar-refractivity contribution in [3.05, 3.63) is 34.1 Å². The van der Waals surface area contributed by atoms with Gasteiger partial charge in [-0.1, -0.05) is 22.9 Å². The molecule has 0 aliphatic heterocycles. The van der Waals surface area contributed by atoms with Crippen LogP contribution in [0.15, 0.2) is 22.7 Å². The van der Waals surface area contributed by atoms with E-state index in [4.69, 9.17) is 10.6 Å². The van der Waals surface area contributed by atoms with Gasteiger partial charge in [0, 0.05) is 11.1 Å². The molecular weight excluding hydrogens is 299 g/mol. The molecule has 2 unspecified atom stereocenters. The van der Waals surface area contributed by atoms with Crippen molar-refractivity contribution in [3.63, 3.8) is 0 Å². The van der Waals surface area contributed by atoms with Crippen molar-refractivity contribution in [2.45, 2.75) is 38.8 Å². The van der Waals surface area contributed by atoms with E-state index in [0.717, 1.165) is 10.9 Å². The van der Waals surface area contributed by atoms with Crippen molar-refractivity contribution in [3.8, 4) is 0 Å². The summed E-state index contributed by atoms with van der Waals surface area (Å²) in [6.07, 6.45) is 1.32. The average Bonchev–Trinajstić information content (AvgIpc) is 2.37. The Kier molecular flexibility index (Phi) is 6.78. The van der Waals surface area contributed by atoms with Crippen LogP contribution in [-0.4, -0.2) is 18.8 Å². The summed E-state index contributed by atoms with van der Waals surface area (Å²) in [6, 6.07) is 4.81. The van der Waals surface area contributed by atoms with E-state index in [9.17, 15) is 4.39 Å². The molecule has 18 heavy (non-hydrogen) atoms. The van der Waals surface area contributed by atoms with Crippen molar-refractivity contribution >= 4 is 15.9 Å². The summed E-state index contributed by atoms with van der Waals surface area (Å²) in [5.74, 6) is 5.33. The molecule has 0 spiro atoms. The molecule has 0 radical (unpaired) electrons. The summed E-state index contributed by atoms with van der Waals surface area (Å²) >= 11 is 3.34. The molecule has 0 aliphatic carbocycles. The standard InChI is InChI=1S/C13H20BrFN2O/c1-3-13(18-4-2)12(17-16)8-9-7-10(14)5-6-11(9)15/h5-7,12-13,17H,3-4,8,16H2,1-2H3. The molecule has 0 bridgehead atoms. The van der Waals surface area contributed by atoms with E-state index in [-0.39, 0.29) is 18.0 Å². The first-order chi connectivity index (χ1) is 8.62. The second-order valence-electron chi connectivity index (χ2n) is 4.12. The maximum atomic E-state index is 13.7. The van der Waals surface area contributed by atoms with Gasteiger partial charge in [-0.05, 0) is 43.5 Å². The maximum absolute atomic E-state index is 13.7. The quantitative estimate of drug-likeness (QED) is 0.600. The number of halogens is 2. The van der Waals surface area contributed by atoms with E-state index in [1.807, 2.05) is 13.8 Å². The summed E-state index contributed by atoms with van der Waals surface area (Å²) in [5, 5.41) is 0. The first-order valence-electron chi connectivity index (χ1n) is 6.14. The van der Waals surface area contributed by atoms with Gasteiger partial charge in [-0.25, -0.2) is 4.39 Å². The molecule has 0 fully saturated rings. The third-order valence-corrected chi connectivity index (χ3v) is 3.39. The van der Waals surface area contributed by atoms with Crippen molar-refractivity contribution in [2.75, 3.05) is 6.61 Å². The molecular formula is C13H20BrFN2O. The first-order valence-corrected chi connectivity index (χ1v) is 6.93. The molecule has 3 nitrogen and oxygen atoms in total. The first kappa shape index (κ1) is 15.6. The minimum Gasteiger partial charge on any atom is -0.377 e. The lowest BCUT2D eigenvalue weighted by molar-refractivity contribution is 0.0317. The molecule has 0 saturated heterocycles. The molecule has 1 rings (SSSR count). The van der Waals surface area contributed by atoms with Crippen LogP contribution in [0, 0.1) is 5.82 Å². The Morgan fingerprint density at radius 2 is 2.17 bits per heavy atom. The molecule has 3 N–H and O–H groups in total. The number of hydrazine groups is 1. The van der Waals surface area contributed by atoms with Gasteiger partial charge in [0.15, 0.2) is 0 Å². The van der Waals surface area contributed by atoms with Crippen LogP contribution < -0.4 is 11.3 Å². The fourth-order valence-electron chi connectivity index (χ4n) is 1.97. The summed E-state index contributed by atoms with van der Waals surface area (Å²) in [5.41, 5.74) is 3.36. The van der Waals surface area contributed by atoms with E-state index in [2.05, 4.69) is 21.4 Å². The van der Waals surface area contributed by atoms with Crippen LogP contribution >= 0.6 is 15.9 Å². The average molecular weight is 319 g/mol. The molecule has 1 aromatic rings. The lowest BCUT2D eigenvalue weighted by Crippen LogP contribution is -2.46. The third kappa shape index (κ3) is 4.31. The molecule has 0 aliphatic rings. The second kappa shape index (κ2) is 7.84. The fraction of sp³-hybridized carbons (Fsp3) is 0.538. The number of benzene rings is 1. The third-order valence-electron chi connectivity index (χ3n) is 2.89. The Morgan fingerprint density at radius 1 is 1.44 bits per heavy atom. The van der Waals surface area contributed by atoms with Crippen molar-refractivity contribution < 1.29 is 9.13 Å². The van der Waals surface area contributed by atoms with E-state index in [1.54, 1.807) is 12.1 Å². The Balaban J connectivity index is 2.81. The van der Waals surface area contributed by atoms with E-state index >= 15 is 0 Å². The zero-order chi connectivity index (χ0) is 13.5. The highest BCUT2D eigenvalue weighted by molar-refractivity contribution is 9.10. The van der Waals surface area contributed by atoms with Crippen LogP contribution in [0.4, 0.5) is 4.39 Å². The Labute approximate surface area is 116 Å². The second-order valence-corrected chi connectivity index (χ2v) is 5.03. The van der Waals surface area contributed by atoms with E-state index < -0.39 is 0 Å². The molecule has 0 saturated carbocycles. The summed E-state index contributed by atoms with van der Waals surface area (Å²) in [6.45, 7) is 4.59. The van der Waals surface area contributed by atoms with Gasteiger partial charge in [-0.3, -0.25) is 11.3 Å². The van der Waals surface area contributed by atoms with Crippen LogP contribution in [0.2, 0.25) is 0 Å². The van der Waals surface area contributed by atoms with Gasteiger partial charge in [0.05, 0.1) is 12.1 Å². The van der Waals surface area contributed by atoms with E-state index in [1.165, 1.54) is 6.07 Å². The normalized spacial score (nSPS) is 14.5. The van der Waals surface area contributed by atoms with Crippen molar-refractivity contribution in [1.82, 2.24) is 5.43 Å². The number of hydrogen-bond acceptors (Lipinski definition) is 3.